The number of hydrogen-bond acceptors (Lipinski definition) is 1. The first-order chi connectivity index (χ1) is 20.7. The third-order valence-corrected chi connectivity index (χ3v) is 7.76. The van der Waals surface area contributed by atoms with Crippen molar-refractivity contribution < 1.29 is 4.39 Å². The second-order valence-corrected chi connectivity index (χ2v) is 10.4. The quantitative estimate of drug-likeness (QED) is 0.202. The van der Waals surface area contributed by atoms with Crippen LogP contribution in [0.15, 0.2) is 170 Å². The summed E-state index contributed by atoms with van der Waals surface area (Å²) in [5, 5.41) is 2.41. The Morgan fingerprint density at radius 2 is 0.738 bits per heavy atom. The summed E-state index contributed by atoms with van der Waals surface area (Å²) in [4.78, 5) is 2.33. The Labute approximate surface area is 245 Å². The van der Waals surface area contributed by atoms with Gasteiger partial charge in [-0.15, -0.1) is 0 Å². The minimum atomic E-state index is -0.222. The van der Waals surface area contributed by atoms with Crippen molar-refractivity contribution in [2.45, 2.75) is 0 Å². The molecule has 0 radical (unpaired) electrons. The summed E-state index contributed by atoms with van der Waals surface area (Å²) < 4.78 is 13.4. The van der Waals surface area contributed by atoms with Gasteiger partial charge in [0.15, 0.2) is 0 Å². The molecule has 0 saturated heterocycles. The largest absolute Gasteiger partial charge is 0.310 e. The van der Waals surface area contributed by atoms with Gasteiger partial charge < -0.3 is 4.90 Å². The second-order valence-electron chi connectivity index (χ2n) is 10.4. The molecular formula is C40H28FN. The number of fused-ring (bicyclic) bond motifs is 1. The lowest BCUT2D eigenvalue weighted by Gasteiger charge is -2.27. The van der Waals surface area contributed by atoms with E-state index in [-0.39, 0.29) is 5.82 Å². The van der Waals surface area contributed by atoms with Gasteiger partial charge in [0, 0.05) is 16.8 Å². The van der Waals surface area contributed by atoms with Crippen molar-refractivity contribution >= 4 is 27.8 Å². The Morgan fingerprint density at radius 3 is 1.29 bits per heavy atom. The summed E-state index contributed by atoms with van der Waals surface area (Å²) in [7, 11) is 0. The van der Waals surface area contributed by atoms with Crippen LogP contribution in [0.5, 0.6) is 0 Å². The Kier molecular flexibility index (Phi) is 6.79. The number of anilines is 3. The standard InChI is InChI=1S/C40H28FN/c41-36-23-17-32(18-24-36)30-13-15-31(16-14-30)34-21-27-38(28-22-34)42(40-12-6-10-35-9-4-5-11-39(35)40)37-25-19-33(20-26-37)29-7-2-1-3-8-29/h1-28H. The molecule has 0 fully saturated rings. The monoisotopic (exact) mass is 541 g/mol. The van der Waals surface area contributed by atoms with Crippen LogP contribution in [0.2, 0.25) is 0 Å². The molecule has 7 aromatic rings. The minimum absolute atomic E-state index is 0.222. The minimum Gasteiger partial charge on any atom is -0.310 e. The SMILES string of the molecule is Fc1ccc(-c2ccc(-c3ccc(N(c4ccc(-c5ccccc5)cc4)c4cccc5ccccc45)cc3)cc2)cc1. The predicted octanol–water partition coefficient (Wildman–Crippen LogP) is 11.4. The number of benzene rings is 7. The van der Waals surface area contributed by atoms with E-state index in [1.54, 1.807) is 0 Å². The molecule has 0 N–H and O–H groups in total. The van der Waals surface area contributed by atoms with Crippen LogP contribution in [0.25, 0.3) is 44.2 Å². The highest BCUT2D eigenvalue weighted by molar-refractivity contribution is 5.99. The molecule has 42 heavy (non-hydrogen) atoms. The molecule has 0 amide bonds. The van der Waals surface area contributed by atoms with E-state index < -0.39 is 0 Å². The van der Waals surface area contributed by atoms with Crippen molar-refractivity contribution in [1.82, 2.24) is 0 Å². The van der Waals surface area contributed by atoms with E-state index in [2.05, 4.69) is 144 Å². The van der Waals surface area contributed by atoms with Gasteiger partial charge in [-0.2, -0.15) is 0 Å². The lowest BCUT2D eigenvalue weighted by Crippen LogP contribution is -2.10. The summed E-state index contributed by atoms with van der Waals surface area (Å²) >= 11 is 0. The first-order valence-electron chi connectivity index (χ1n) is 14.1. The van der Waals surface area contributed by atoms with Gasteiger partial charge >= 0.3 is 0 Å². The Balaban J connectivity index is 1.26. The van der Waals surface area contributed by atoms with Gasteiger partial charge in [0.25, 0.3) is 0 Å². The van der Waals surface area contributed by atoms with Crippen LogP contribution in [0.1, 0.15) is 0 Å². The summed E-state index contributed by atoms with van der Waals surface area (Å²) in [6, 6.07) is 58.1. The van der Waals surface area contributed by atoms with Gasteiger partial charge in [0.05, 0.1) is 5.69 Å². The summed E-state index contributed by atoms with van der Waals surface area (Å²) in [6.07, 6.45) is 0. The Hall–Kier alpha value is -5.47. The fraction of sp³-hybridized carbons (Fsp3) is 0. The van der Waals surface area contributed by atoms with E-state index in [1.807, 2.05) is 18.2 Å². The van der Waals surface area contributed by atoms with Crippen LogP contribution in [-0.2, 0) is 0 Å². The normalized spacial score (nSPS) is 11.0. The van der Waals surface area contributed by atoms with Gasteiger partial charge in [0.1, 0.15) is 5.82 Å². The smallest absolute Gasteiger partial charge is 0.123 e. The molecule has 0 heterocycles. The zero-order chi connectivity index (χ0) is 28.3. The molecular weight excluding hydrogens is 513 g/mol. The van der Waals surface area contributed by atoms with Gasteiger partial charge in [-0.1, -0.05) is 127 Å². The zero-order valence-electron chi connectivity index (χ0n) is 23.0. The zero-order valence-corrected chi connectivity index (χ0v) is 23.0. The topological polar surface area (TPSA) is 3.24 Å². The number of rotatable bonds is 6. The average Bonchev–Trinajstić information content (AvgIpc) is 3.07. The van der Waals surface area contributed by atoms with Crippen LogP contribution >= 0.6 is 0 Å². The third kappa shape index (κ3) is 5.07. The summed E-state index contributed by atoms with van der Waals surface area (Å²) in [5.41, 5.74) is 10.1. The molecule has 0 aromatic heterocycles. The van der Waals surface area contributed by atoms with E-state index in [9.17, 15) is 4.39 Å². The number of halogens is 1. The molecule has 0 aliphatic carbocycles. The summed E-state index contributed by atoms with van der Waals surface area (Å²) in [6.45, 7) is 0. The molecule has 0 saturated carbocycles. The van der Waals surface area contributed by atoms with Gasteiger partial charge in [0.2, 0.25) is 0 Å². The maximum Gasteiger partial charge on any atom is 0.123 e. The molecule has 7 rings (SSSR count). The first kappa shape index (κ1) is 25.5. The molecule has 1 nitrogen and oxygen atoms in total. The highest BCUT2D eigenvalue weighted by Crippen LogP contribution is 2.40. The molecule has 0 unspecified atom stereocenters. The maximum atomic E-state index is 13.4. The maximum absolute atomic E-state index is 13.4. The Bertz CT molecular complexity index is 1940. The number of hydrogen-bond donors (Lipinski definition) is 0. The molecule has 0 bridgehead atoms. The van der Waals surface area contributed by atoms with Crippen LogP contribution in [0.4, 0.5) is 21.5 Å². The lowest BCUT2D eigenvalue weighted by molar-refractivity contribution is 0.628. The van der Waals surface area contributed by atoms with Gasteiger partial charge in [-0.25, -0.2) is 4.39 Å². The van der Waals surface area contributed by atoms with Crippen molar-refractivity contribution in [2.24, 2.45) is 0 Å². The highest BCUT2D eigenvalue weighted by Gasteiger charge is 2.16. The highest BCUT2D eigenvalue weighted by atomic mass is 19.1. The second kappa shape index (κ2) is 11.2. The van der Waals surface area contributed by atoms with Crippen LogP contribution in [-0.4, -0.2) is 0 Å². The van der Waals surface area contributed by atoms with Crippen LogP contribution in [0, 0.1) is 5.82 Å². The molecule has 0 aliphatic heterocycles. The number of nitrogens with zero attached hydrogens (tertiary/aromatic N) is 1. The molecule has 0 aliphatic rings. The Morgan fingerprint density at radius 1 is 0.333 bits per heavy atom. The van der Waals surface area contributed by atoms with E-state index in [0.29, 0.717) is 0 Å². The van der Waals surface area contributed by atoms with Gasteiger partial charge in [-0.05, 0) is 81.2 Å². The van der Waals surface area contributed by atoms with Crippen molar-refractivity contribution in [3.05, 3.63) is 176 Å². The van der Waals surface area contributed by atoms with E-state index in [1.165, 1.54) is 34.0 Å². The van der Waals surface area contributed by atoms with Crippen molar-refractivity contribution in [3.63, 3.8) is 0 Å². The molecule has 0 atom stereocenters. The van der Waals surface area contributed by atoms with Crippen LogP contribution in [0.3, 0.4) is 0 Å². The summed E-state index contributed by atoms with van der Waals surface area (Å²) in [5.74, 6) is -0.222. The molecule has 7 aromatic carbocycles. The van der Waals surface area contributed by atoms with E-state index >= 15 is 0 Å². The first-order valence-corrected chi connectivity index (χ1v) is 14.1. The molecule has 2 heteroatoms. The molecule has 200 valence electrons. The fourth-order valence-electron chi connectivity index (χ4n) is 5.56. The van der Waals surface area contributed by atoms with E-state index in [0.717, 1.165) is 39.3 Å². The van der Waals surface area contributed by atoms with Crippen molar-refractivity contribution in [2.75, 3.05) is 4.90 Å². The third-order valence-electron chi connectivity index (χ3n) is 7.76. The van der Waals surface area contributed by atoms with Crippen LogP contribution < -0.4 is 4.90 Å². The fourth-order valence-corrected chi connectivity index (χ4v) is 5.56. The average molecular weight is 542 g/mol. The molecule has 0 spiro atoms. The van der Waals surface area contributed by atoms with E-state index in [4.69, 9.17) is 0 Å². The van der Waals surface area contributed by atoms with Gasteiger partial charge in [-0.3, -0.25) is 0 Å². The van der Waals surface area contributed by atoms with Crippen molar-refractivity contribution in [1.29, 1.82) is 0 Å². The lowest BCUT2D eigenvalue weighted by atomic mass is 9.99. The predicted molar refractivity (Wildman–Crippen MR) is 175 cm³/mol. The van der Waals surface area contributed by atoms with Crippen molar-refractivity contribution in [3.8, 4) is 33.4 Å².